The van der Waals surface area contributed by atoms with Crippen LogP contribution in [0, 0.1) is 5.92 Å². The van der Waals surface area contributed by atoms with Crippen LogP contribution >= 0.6 is 0 Å². The Balaban J connectivity index is 4.52. The summed E-state index contributed by atoms with van der Waals surface area (Å²) in [7, 11) is -2.51. The Kier molecular flexibility index (Phi) is 6.85. The molecule has 0 heterocycles. The molecule has 8 heteroatoms. The van der Waals surface area contributed by atoms with Crippen LogP contribution in [-0.4, -0.2) is 44.4 Å². The fourth-order valence-corrected chi connectivity index (χ4v) is 2.65. The molecule has 106 valence electrons. The van der Waals surface area contributed by atoms with E-state index in [-0.39, 0.29) is 24.5 Å². The lowest BCUT2D eigenvalue weighted by Gasteiger charge is -2.19. The first-order chi connectivity index (χ1) is 8.19. The molecule has 0 bridgehead atoms. The first-order valence-electron chi connectivity index (χ1n) is 5.49. The van der Waals surface area contributed by atoms with Crippen molar-refractivity contribution in [2.75, 3.05) is 12.9 Å². The molecule has 0 aliphatic carbocycles. The summed E-state index contributed by atoms with van der Waals surface area (Å²) in [4.78, 5) is 21.7. The zero-order valence-corrected chi connectivity index (χ0v) is 11.5. The molecule has 0 unspecified atom stereocenters. The number of nitrogens with one attached hydrogen (secondary N) is 1. The molecule has 1 atom stereocenters. The van der Waals surface area contributed by atoms with Crippen molar-refractivity contribution in [3.63, 3.8) is 0 Å². The van der Waals surface area contributed by atoms with Crippen LogP contribution in [0.1, 0.15) is 26.7 Å². The fourth-order valence-electron chi connectivity index (χ4n) is 1.25. The van der Waals surface area contributed by atoms with Gasteiger partial charge in [0.25, 0.3) is 0 Å². The Morgan fingerprint density at radius 3 is 2.28 bits per heavy atom. The predicted octanol–water partition coefficient (Wildman–Crippen LogP) is -0.0318. The zero-order chi connectivity index (χ0) is 14.3. The second-order valence-corrected chi connectivity index (χ2v) is 6.05. The van der Waals surface area contributed by atoms with Crippen molar-refractivity contribution in [3.8, 4) is 0 Å². The molecule has 0 aliphatic rings. The topological polar surface area (TPSA) is 110 Å². The van der Waals surface area contributed by atoms with Gasteiger partial charge in [0.1, 0.15) is 6.04 Å². The smallest absolute Gasteiger partial charge is 0.324 e. The number of sulfonamides is 1. The summed E-state index contributed by atoms with van der Waals surface area (Å²) >= 11 is 0. The molecule has 0 amide bonds. The molecule has 0 rings (SSSR count). The van der Waals surface area contributed by atoms with Crippen molar-refractivity contribution in [2.24, 2.45) is 5.92 Å². The minimum atomic E-state index is -3.69. The molecule has 0 aromatic rings. The summed E-state index contributed by atoms with van der Waals surface area (Å²) < 4.78 is 30.0. The fraction of sp³-hybridized carbons (Fsp3) is 0.800. The van der Waals surface area contributed by atoms with Crippen LogP contribution in [0.15, 0.2) is 0 Å². The maximum atomic E-state index is 11.6. The summed E-state index contributed by atoms with van der Waals surface area (Å²) in [6.45, 7) is 3.36. The van der Waals surface area contributed by atoms with E-state index >= 15 is 0 Å². The Hall–Kier alpha value is -1.15. The van der Waals surface area contributed by atoms with Crippen LogP contribution < -0.4 is 4.72 Å². The number of ether oxygens (including phenoxy) is 1. The van der Waals surface area contributed by atoms with Crippen molar-refractivity contribution in [3.05, 3.63) is 0 Å². The van der Waals surface area contributed by atoms with Gasteiger partial charge in [0.15, 0.2) is 0 Å². The Bertz CT molecular complexity index is 389. The van der Waals surface area contributed by atoms with E-state index in [4.69, 9.17) is 5.11 Å². The van der Waals surface area contributed by atoms with Gasteiger partial charge in [0, 0.05) is 6.42 Å². The number of carbonyl (C=O) groups excluding carboxylic acids is 1. The summed E-state index contributed by atoms with van der Waals surface area (Å²) in [5.41, 5.74) is 0. The summed E-state index contributed by atoms with van der Waals surface area (Å²) in [5.74, 6) is -2.31. The average molecular weight is 281 g/mol. The van der Waals surface area contributed by atoms with Gasteiger partial charge in [0.05, 0.1) is 12.9 Å². The zero-order valence-electron chi connectivity index (χ0n) is 10.7. The Labute approximate surface area is 107 Å². The summed E-state index contributed by atoms with van der Waals surface area (Å²) in [6, 6.07) is -0.954. The van der Waals surface area contributed by atoms with Crippen molar-refractivity contribution >= 4 is 22.0 Å². The van der Waals surface area contributed by atoms with Gasteiger partial charge in [-0.3, -0.25) is 9.59 Å². The number of carbonyl (C=O) groups is 2. The molecule has 0 saturated heterocycles. The van der Waals surface area contributed by atoms with Crippen molar-refractivity contribution in [1.82, 2.24) is 4.72 Å². The molecular formula is C10H19NO6S. The van der Waals surface area contributed by atoms with E-state index in [1.165, 1.54) is 7.11 Å². The molecule has 0 saturated carbocycles. The van der Waals surface area contributed by atoms with Crippen molar-refractivity contribution in [2.45, 2.75) is 32.7 Å². The molecule has 0 fully saturated rings. The van der Waals surface area contributed by atoms with Crippen molar-refractivity contribution < 1.29 is 27.9 Å². The lowest BCUT2D eigenvalue weighted by atomic mass is 10.1. The highest BCUT2D eigenvalue weighted by atomic mass is 32.2. The van der Waals surface area contributed by atoms with E-state index in [1.54, 1.807) is 13.8 Å². The SMILES string of the molecule is COC(=O)[C@@H](NS(=O)(=O)CCCC(=O)O)C(C)C. The van der Waals surface area contributed by atoms with Crippen LogP contribution in [0.3, 0.4) is 0 Å². The Morgan fingerprint density at radius 2 is 1.89 bits per heavy atom. The lowest BCUT2D eigenvalue weighted by Crippen LogP contribution is -2.45. The minimum absolute atomic E-state index is 0.00332. The van der Waals surface area contributed by atoms with Gasteiger partial charge in [-0.25, -0.2) is 13.1 Å². The van der Waals surface area contributed by atoms with E-state index in [0.717, 1.165) is 0 Å². The van der Waals surface area contributed by atoms with Crippen LogP contribution in [0.25, 0.3) is 0 Å². The van der Waals surface area contributed by atoms with Crippen LogP contribution in [0.5, 0.6) is 0 Å². The molecule has 7 nitrogen and oxygen atoms in total. The monoisotopic (exact) mass is 281 g/mol. The molecule has 0 aromatic heterocycles. The largest absolute Gasteiger partial charge is 0.481 e. The third-order valence-electron chi connectivity index (χ3n) is 2.23. The quantitative estimate of drug-likeness (QED) is 0.604. The number of aliphatic carboxylic acids is 1. The summed E-state index contributed by atoms with van der Waals surface area (Å²) in [5, 5.41) is 8.42. The third-order valence-corrected chi connectivity index (χ3v) is 3.67. The van der Waals surface area contributed by atoms with Gasteiger partial charge < -0.3 is 9.84 Å². The molecule has 2 N–H and O–H groups in total. The summed E-state index contributed by atoms with van der Waals surface area (Å²) in [6.07, 6.45) is -0.234. The normalized spacial score (nSPS) is 13.3. The number of rotatable bonds is 8. The molecule has 0 aliphatic heterocycles. The number of esters is 1. The molecule has 0 aromatic carbocycles. The van der Waals surface area contributed by atoms with Crippen molar-refractivity contribution in [1.29, 1.82) is 0 Å². The van der Waals surface area contributed by atoms with Gasteiger partial charge >= 0.3 is 11.9 Å². The van der Waals surface area contributed by atoms with Gasteiger partial charge in [-0.05, 0) is 12.3 Å². The van der Waals surface area contributed by atoms with Crippen LogP contribution in [0.4, 0.5) is 0 Å². The van der Waals surface area contributed by atoms with E-state index in [9.17, 15) is 18.0 Å². The maximum Gasteiger partial charge on any atom is 0.324 e. The van der Waals surface area contributed by atoms with E-state index < -0.39 is 28.0 Å². The van der Waals surface area contributed by atoms with Gasteiger partial charge in [-0.1, -0.05) is 13.8 Å². The highest BCUT2D eigenvalue weighted by Gasteiger charge is 2.27. The molecule has 18 heavy (non-hydrogen) atoms. The van der Waals surface area contributed by atoms with E-state index in [0.29, 0.717) is 0 Å². The van der Waals surface area contributed by atoms with Gasteiger partial charge in [-0.2, -0.15) is 0 Å². The highest BCUT2D eigenvalue weighted by Crippen LogP contribution is 2.06. The molecule has 0 radical (unpaired) electrons. The van der Waals surface area contributed by atoms with Gasteiger partial charge in [0.2, 0.25) is 10.0 Å². The average Bonchev–Trinajstić information content (AvgIpc) is 2.23. The number of hydrogen-bond acceptors (Lipinski definition) is 5. The number of carboxylic acids is 1. The first-order valence-corrected chi connectivity index (χ1v) is 7.14. The second-order valence-electron chi connectivity index (χ2n) is 4.18. The van der Waals surface area contributed by atoms with E-state index in [2.05, 4.69) is 9.46 Å². The van der Waals surface area contributed by atoms with E-state index in [1.807, 2.05) is 0 Å². The number of carboxylic acid groups (broad SMARTS) is 1. The first kappa shape index (κ1) is 16.9. The maximum absolute atomic E-state index is 11.6. The van der Waals surface area contributed by atoms with Crippen LogP contribution in [0.2, 0.25) is 0 Å². The second kappa shape index (κ2) is 7.32. The molecule has 0 spiro atoms. The standard InChI is InChI=1S/C10H19NO6S/c1-7(2)9(10(14)17-3)11-18(15,16)6-4-5-8(12)13/h7,9,11H,4-6H2,1-3H3,(H,12,13)/t9-/m0/s1. The van der Waals surface area contributed by atoms with Crippen LogP contribution in [-0.2, 0) is 24.3 Å². The third kappa shape index (κ3) is 6.55. The molecular weight excluding hydrogens is 262 g/mol. The van der Waals surface area contributed by atoms with Gasteiger partial charge in [-0.15, -0.1) is 0 Å². The number of methoxy groups -OCH3 is 1. The predicted molar refractivity (Wildman–Crippen MR) is 64.4 cm³/mol. The Morgan fingerprint density at radius 1 is 1.33 bits per heavy atom. The lowest BCUT2D eigenvalue weighted by molar-refractivity contribution is -0.143. The minimum Gasteiger partial charge on any atom is -0.481 e. The highest BCUT2D eigenvalue weighted by molar-refractivity contribution is 7.89. The number of hydrogen-bond donors (Lipinski definition) is 2.